The molecule has 23 heavy (non-hydrogen) atoms. The molecule has 1 aliphatic heterocycles. The molecule has 2 rings (SSSR count). The predicted octanol–water partition coefficient (Wildman–Crippen LogP) is 2.24. The number of hydrogen-bond donors (Lipinski definition) is 2. The molecule has 1 atom stereocenters. The van der Waals surface area contributed by atoms with Crippen molar-refractivity contribution in [1.82, 2.24) is 10.5 Å². The van der Waals surface area contributed by atoms with Crippen LogP contribution in [0.5, 0.6) is 5.75 Å². The van der Waals surface area contributed by atoms with Crippen LogP contribution in [0.2, 0.25) is 0 Å². The van der Waals surface area contributed by atoms with Gasteiger partial charge in [-0.15, -0.1) is 0 Å². The fourth-order valence-electron chi connectivity index (χ4n) is 2.18. The van der Waals surface area contributed by atoms with Crippen LogP contribution in [0.15, 0.2) is 6.20 Å². The third-order valence-electron chi connectivity index (χ3n) is 3.55. The second kappa shape index (κ2) is 8.81. The maximum absolute atomic E-state index is 12.3. The molecule has 2 N–H and O–H groups in total. The van der Waals surface area contributed by atoms with E-state index in [4.69, 9.17) is 14.3 Å². The number of amides is 1. The van der Waals surface area contributed by atoms with E-state index in [9.17, 15) is 9.90 Å². The Balaban J connectivity index is 2.15. The molecule has 1 aromatic heterocycles. The van der Waals surface area contributed by atoms with Crippen molar-refractivity contribution in [3.05, 3.63) is 23.0 Å². The zero-order valence-electron chi connectivity index (χ0n) is 13.6. The summed E-state index contributed by atoms with van der Waals surface area (Å²) in [6.45, 7) is 5.21. The molecule has 0 aliphatic carbocycles. The Morgan fingerprint density at radius 1 is 1.39 bits per heavy atom. The highest BCUT2D eigenvalue weighted by Gasteiger charge is 2.29. The number of aromatic nitrogens is 1. The molecule has 0 fully saturated rings. The van der Waals surface area contributed by atoms with Crippen molar-refractivity contribution in [2.75, 3.05) is 13.2 Å². The van der Waals surface area contributed by atoms with Crippen LogP contribution in [0.25, 0.3) is 0 Å². The van der Waals surface area contributed by atoms with Crippen molar-refractivity contribution in [3.8, 4) is 5.75 Å². The predicted molar refractivity (Wildman–Crippen MR) is 82.7 cm³/mol. The first-order valence-corrected chi connectivity index (χ1v) is 8.05. The van der Waals surface area contributed by atoms with Gasteiger partial charge in [-0.2, -0.15) is 0 Å². The van der Waals surface area contributed by atoms with Crippen molar-refractivity contribution in [2.45, 2.75) is 52.4 Å². The monoisotopic (exact) mass is 324 g/mol. The van der Waals surface area contributed by atoms with Crippen molar-refractivity contribution >= 4 is 5.91 Å². The number of rotatable bonds is 9. The summed E-state index contributed by atoms with van der Waals surface area (Å²) in [5.41, 5.74) is 3.74. The maximum atomic E-state index is 12.3. The SMILES string of the molecule is CCCCONC(=O)c1ncc2c(c1OCCCC)COC2O. The fraction of sp³-hybridized carbons (Fsp3) is 0.625. The zero-order valence-corrected chi connectivity index (χ0v) is 13.6. The number of hydrogen-bond acceptors (Lipinski definition) is 6. The minimum atomic E-state index is -1.02. The Hall–Kier alpha value is -1.70. The molecule has 128 valence electrons. The summed E-state index contributed by atoms with van der Waals surface area (Å²) >= 11 is 0. The highest BCUT2D eigenvalue weighted by molar-refractivity contribution is 5.94. The minimum Gasteiger partial charge on any atom is -0.491 e. The number of aliphatic hydroxyl groups is 1. The average Bonchev–Trinajstić information content (AvgIpc) is 2.93. The number of nitrogens with one attached hydrogen (secondary N) is 1. The largest absolute Gasteiger partial charge is 0.491 e. The highest BCUT2D eigenvalue weighted by atomic mass is 16.7. The molecule has 1 amide bonds. The van der Waals surface area contributed by atoms with Crippen molar-refractivity contribution in [2.24, 2.45) is 0 Å². The molecule has 7 heteroatoms. The first-order valence-electron chi connectivity index (χ1n) is 8.05. The van der Waals surface area contributed by atoms with Gasteiger partial charge in [0.25, 0.3) is 5.91 Å². The lowest BCUT2D eigenvalue weighted by atomic mass is 10.1. The van der Waals surface area contributed by atoms with E-state index in [2.05, 4.69) is 17.4 Å². The Morgan fingerprint density at radius 2 is 2.13 bits per heavy atom. The molecule has 1 aromatic rings. The molecule has 0 radical (unpaired) electrons. The first kappa shape index (κ1) is 17.7. The molecular weight excluding hydrogens is 300 g/mol. The summed E-state index contributed by atoms with van der Waals surface area (Å²) in [4.78, 5) is 21.5. The molecule has 2 heterocycles. The van der Waals surface area contributed by atoms with Crippen LogP contribution in [0.1, 0.15) is 67.4 Å². The van der Waals surface area contributed by atoms with E-state index in [1.54, 1.807) is 0 Å². The normalized spacial score (nSPS) is 16.2. The van der Waals surface area contributed by atoms with E-state index in [0.29, 0.717) is 30.1 Å². The average molecular weight is 324 g/mol. The summed E-state index contributed by atoms with van der Waals surface area (Å²) in [6.07, 6.45) is 4.10. The van der Waals surface area contributed by atoms with Crippen LogP contribution in [-0.4, -0.2) is 29.2 Å². The number of hydroxylamine groups is 1. The molecule has 1 unspecified atom stereocenters. The summed E-state index contributed by atoms with van der Waals surface area (Å²) in [6, 6.07) is 0. The molecule has 0 saturated carbocycles. The van der Waals surface area contributed by atoms with E-state index in [0.717, 1.165) is 25.7 Å². The Morgan fingerprint density at radius 3 is 2.87 bits per heavy atom. The third kappa shape index (κ3) is 4.40. The van der Waals surface area contributed by atoms with E-state index in [-0.39, 0.29) is 12.3 Å². The van der Waals surface area contributed by atoms with Crippen LogP contribution >= 0.6 is 0 Å². The zero-order chi connectivity index (χ0) is 16.7. The Bertz CT molecular complexity index is 535. The number of ether oxygens (including phenoxy) is 2. The standard InChI is InChI=1S/C16H24N2O5/c1-3-5-7-21-14-12-10-22-16(20)11(12)9-17-13(14)15(19)18-23-8-6-4-2/h9,16,20H,3-8,10H2,1-2H3,(H,18,19). The van der Waals surface area contributed by atoms with Gasteiger partial charge in [0.1, 0.15) is 0 Å². The van der Waals surface area contributed by atoms with Crippen LogP contribution in [0, 0.1) is 0 Å². The van der Waals surface area contributed by atoms with E-state index in [1.807, 2.05) is 6.92 Å². The molecular formula is C16H24N2O5. The minimum absolute atomic E-state index is 0.147. The van der Waals surface area contributed by atoms with Gasteiger partial charge < -0.3 is 14.6 Å². The lowest BCUT2D eigenvalue weighted by Crippen LogP contribution is -2.26. The summed E-state index contributed by atoms with van der Waals surface area (Å²) in [5.74, 6) is -0.0964. The second-order valence-corrected chi connectivity index (χ2v) is 5.37. The van der Waals surface area contributed by atoms with Crippen LogP contribution in [0.3, 0.4) is 0 Å². The number of fused-ring (bicyclic) bond motifs is 1. The van der Waals surface area contributed by atoms with Crippen molar-refractivity contribution in [3.63, 3.8) is 0 Å². The quantitative estimate of drug-likeness (QED) is 0.535. The first-order chi connectivity index (χ1) is 11.2. The maximum Gasteiger partial charge on any atom is 0.297 e. The molecule has 7 nitrogen and oxygen atoms in total. The van der Waals surface area contributed by atoms with Gasteiger partial charge in [-0.25, -0.2) is 10.5 Å². The number of nitrogens with zero attached hydrogens (tertiary/aromatic N) is 1. The number of aliphatic hydroxyl groups excluding tert-OH is 1. The van der Waals surface area contributed by atoms with Crippen molar-refractivity contribution in [1.29, 1.82) is 0 Å². The lowest BCUT2D eigenvalue weighted by Gasteiger charge is -2.14. The Kier molecular flexibility index (Phi) is 6.76. The molecule has 1 aliphatic rings. The van der Waals surface area contributed by atoms with E-state index in [1.165, 1.54) is 6.20 Å². The van der Waals surface area contributed by atoms with Gasteiger partial charge >= 0.3 is 0 Å². The van der Waals surface area contributed by atoms with Gasteiger partial charge in [-0.1, -0.05) is 26.7 Å². The van der Waals surface area contributed by atoms with Gasteiger partial charge in [0.2, 0.25) is 0 Å². The summed E-state index contributed by atoms with van der Waals surface area (Å²) in [7, 11) is 0. The smallest absolute Gasteiger partial charge is 0.297 e. The van der Waals surface area contributed by atoms with Crippen LogP contribution in [0.4, 0.5) is 0 Å². The fourth-order valence-corrected chi connectivity index (χ4v) is 2.18. The molecule has 0 aromatic carbocycles. The molecule has 0 saturated heterocycles. The van der Waals surface area contributed by atoms with Crippen LogP contribution in [-0.2, 0) is 16.2 Å². The van der Waals surface area contributed by atoms with Gasteiger partial charge in [0.05, 0.1) is 19.8 Å². The number of carbonyl (C=O) groups is 1. The highest BCUT2D eigenvalue weighted by Crippen LogP contribution is 2.36. The number of unbranched alkanes of at least 4 members (excludes halogenated alkanes) is 2. The molecule has 0 bridgehead atoms. The van der Waals surface area contributed by atoms with E-state index < -0.39 is 12.2 Å². The Labute approximate surface area is 135 Å². The summed E-state index contributed by atoms with van der Waals surface area (Å²) < 4.78 is 10.9. The van der Waals surface area contributed by atoms with Gasteiger partial charge in [0, 0.05) is 17.3 Å². The second-order valence-electron chi connectivity index (χ2n) is 5.37. The number of carbonyl (C=O) groups excluding carboxylic acids is 1. The van der Waals surface area contributed by atoms with E-state index >= 15 is 0 Å². The third-order valence-corrected chi connectivity index (χ3v) is 3.55. The van der Waals surface area contributed by atoms with Crippen molar-refractivity contribution < 1.29 is 24.2 Å². The number of pyridine rings is 1. The van der Waals surface area contributed by atoms with Crippen LogP contribution < -0.4 is 10.2 Å². The lowest BCUT2D eigenvalue weighted by molar-refractivity contribution is -0.0920. The van der Waals surface area contributed by atoms with Gasteiger partial charge in [-0.3, -0.25) is 9.63 Å². The molecule has 0 spiro atoms. The van der Waals surface area contributed by atoms with Gasteiger partial charge in [-0.05, 0) is 12.8 Å². The topological polar surface area (TPSA) is 89.9 Å². The van der Waals surface area contributed by atoms with Gasteiger partial charge in [0.15, 0.2) is 17.7 Å². The summed E-state index contributed by atoms with van der Waals surface area (Å²) in [5, 5.41) is 9.76.